The number of halogens is 3. The summed E-state index contributed by atoms with van der Waals surface area (Å²) in [5.74, 6) is 15.1. The summed E-state index contributed by atoms with van der Waals surface area (Å²) >= 11 is -2.24. The van der Waals surface area contributed by atoms with Crippen LogP contribution in [-0.4, -0.2) is 0 Å². The van der Waals surface area contributed by atoms with Gasteiger partial charge in [0.2, 0.25) is 0 Å². The number of hydrogen-bond acceptors (Lipinski definition) is 0. The molecule has 1 radical (unpaired) electrons. The van der Waals surface area contributed by atoms with Gasteiger partial charge in [-0.2, -0.15) is 0 Å². The third-order valence-corrected chi connectivity index (χ3v) is 0. The van der Waals surface area contributed by atoms with E-state index in [4.69, 9.17) is 17.4 Å². The van der Waals surface area contributed by atoms with Gasteiger partial charge in [-0.05, 0) is 0 Å². The molecular formula is Cl3Nd2Pr. The van der Waals surface area contributed by atoms with Crippen molar-refractivity contribution >= 4 is 17.4 Å². The molecule has 0 bridgehead atoms. The molecule has 0 aliphatic heterocycles. The van der Waals surface area contributed by atoms with Gasteiger partial charge >= 0.3 is 47.3 Å². The van der Waals surface area contributed by atoms with Crippen molar-refractivity contribution in [3.05, 3.63) is 0 Å². The molecule has 0 fully saturated rings. The third kappa shape index (κ3) is 23.1. The minimum atomic E-state index is -2.24. The summed E-state index contributed by atoms with van der Waals surface area (Å²) < 4.78 is 0. The molecule has 0 aliphatic rings. The zero-order chi connectivity index (χ0) is 3.58. The minimum Gasteiger partial charge on any atom is 0 e. The molecule has 0 saturated heterocycles. The number of rotatable bonds is 0. The quantitative estimate of drug-likeness (QED) is 0.446. The first-order valence-corrected chi connectivity index (χ1v) is 12.6. The van der Waals surface area contributed by atoms with E-state index in [1.807, 2.05) is 0 Å². The summed E-state index contributed by atoms with van der Waals surface area (Å²) in [6.45, 7) is 0. The molecule has 0 nitrogen and oxygen atoms in total. The maximum atomic E-state index is 5.02. The number of hydrogen-bond donors (Lipinski definition) is 0. The van der Waals surface area contributed by atoms with E-state index in [1.54, 1.807) is 0 Å². The van der Waals surface area contributed by atoms with Crippen molar-refractivity contribution in [2.45, 2.75) is 0 Å². The maximum Gasteiger partial charge on any atom is 0 e. The second-order valence-electron chi connectivity index (χ2n) is 0.214. The molecule has 0 aromatic rings. The largest absolute Gasteiger partial charge is 0 e. The van der Waals surface area contributed by atoms with Crippen LogP contribution in [0, 0.1) is 112 Å². The summed E-state index contributed by atoms with van der Waals surface area (Å²) in [4.78, 5) is 0. The van der Waals surface area contributed by atoms with Gasteiger partial charge in [-0.15, -0.1) is 0 Å². The van der Waals surface area contributed by atoms with Crippen LogP contribution in [0.4, 0.5) is 0 Å². The van der Waals surface area contributed by atoms with Crippen LogP contribution >= 0.6 is 17.4 Å². The van der Waals surface area contributed by atoms with Crippen molar-refractivity contribution in [3.8, 4) is 0 Å². The van der Waals surface area contributed by atoms with Crippen molar-refractivity contribution < 1.29 is 112 Å². The predicted molar refractivity (Wildman–Crippen MR) is 17.6 cm³/mol. The first-order valence-electron chi connectivity index (χ1n) is 0.567. The Morgan fingerprint density at radius 2 is 1.00 bits per heavy atom. The molecule has 0 atom stereocenters. The maximum absolute atomic E-state index is 5.02. The molecule has 32 valence electrons. The Labute approximate surface area is 125 Å². The molecular weight excluding hydrogens is 536 g/mol. The molecule has 6 heavy (non-hydrogen) atoms. The normalized spacial score (nSPS) is 4.50. The van der Waals surface area contributed by atoms with Gasteiger partial charge in [0, 0.05) is 82.1 Å². The predicted octanol–water partition coefficient (Wildman–Crippen LogP) is 2.07. The zero-order valence-electron chi connectivity index (χ0n) is 2.71. The molecule has 0 spiro atoms. The van der Waals surface area contributed by atoms with E-state index in [9.17, 15) is 0 Å². The summed E-state index contributed by atoms with van der Waals surface area (Å²) in [5.41, 5.74) is 0. The van der Waals surface area contributed by atoms with Crippen LogP contribution < -0.4 is 0 Å². The fourth-order valence-electron chi connectivity index (χ4n) is 0. The van der Waals surface area contributed by atoms with Crippen LogP contribution in [-0.2, 0) is 0 Å². The van der Waals surface area contributed by atoms with Crippen LogP contribution in [0.2, 0.25) is 0 Å². The second-order valence-corrected chi connectivity index (χ2v) is 14.3. The Balaban J connectivity index is -0.0000000450. The Morgan fingerprint density at radius 3 is 1.00 bits per heavy atom. The zero-order valence-corrected chi connectivity index (χ0v) is 15.1. The van der Waals surface area contributed by atoms with E-state index in [0.29, 0.717) is 0 Å². The van der Waals surface area contributed by atoms with Gasteiger partial charge in [-0.25, -0.2) is 0 Å². The molecule has 6 heteroatoms. The standard InChI is InChI=1S/3ClH.2Nd.Pr/h3*1H;;;/q;;;;+3;/p-3. The molecule has 0 unspecified atom stereocenters. The van der Waals surface area contributed by atoms with E-state index < -0.39 is 29.9 Å². The van der Waals surface area contributed by atoms with Crippen LogP contribution in [0.1, 0.15) is 0 Å². The van der Waals surface area contributed by atoms with Crippen molar-refractivity contribution in [3.63, 3.8) is 0 Å². The molecule has 0 N–H and O–H groups in total. The van der Waals surface area contributed by atoms with Gasteiger partial charge in [0.25, 0.3) is 0 Å². The fourth-order valence-corrected chi connectivity index (χ4v) is 0. The summed E-state index contributed by atoms with van der Waals surface area (Å²) in [5, 5.41) is 0. The van der Waals surface area contributed by atoms with E-state index in [1.165, 1.54) is 0 Å². The van der Waals surface area contributed by atoms with Crippen LogP contribution in [0.5, 0.6) is 0 Å². The molecule has 0 rings (SSSR count). The topological polar surface area (TPSA) is 0 Å². The smallest absolute Gasteiger partial charge is 0 e. The Kier molecular flexibility index (Phi) is 36.0. The Hall–Kier alpha value is 4.93. The van der Waals surface area contributed by atoms with Crippen molar-refractivity contribution in [2.75, 3.05) is 0 Å². The molecule has 0 aromatic heterocycles. The first-order chi connectivity index (χ1) is 1.73. The second kappa shape index (κ2) is 12.6. The summed E-state index contributed by atoms with van der Waals surface area (Å²) in [7, 11) is 0. The van der Waals surface area contributed by atoms with E-state index in [0.717, 1.165) is 0 Å². The monoisotopic (exact) mass is 530 g/mol. The van der Waals surface area contributed by atoms with Crippen LogP contribution in [0.15, 0.2) is 0 Å². The van der Waals surface area contributed by atoms with Gasteiger partial charge in [0.05, 0.1) is 0 Å². The van der Waals surface area contributed by atoms with E-state index in [-0.39, 0.29) is 82.1 Å². The average molecular weight is 536 g/mol. The van der Waals surface area contributed by atoms with Gasteiger partial charge in [0.15, 0.2) is 0 Å². The van der Waals surface area contributed by atoms with Gasteiger partial charge < -0.3 is 0 Å². The van der Waals surface area contributed by atoms with Crippen LogP contribution in [0.3, 0.4) is 0 Å². The summed E-state index contributed by atoms with van der Waals surface area (Å²) in [6.07, 6.45) is 0. The minimum absolute atomic E-state index is 0. The molecule has 0 heterocycles. The van der Waals surface area contributed by atoms with E-state index in [2.05, 4.69) is 0 Å². The first kappa shape index (κ1) is 17.1. The SMILES string of the molecule is [Cl][Nd]([Cl])[Cl].[Nd].[Pr]. The molecule has 0 aliphatic carbocycles. The molecule has 0 aromatic carbocycles. The third-order valence-electron chi connectivity index (χ3n) is 0. The Bertz CT molecular complexity index is 13.5. The van der Waals surface area contributed by atoms with Gasteiger partial charge in [-0.3, -0.25) is 0 Å². The van der Waals surface area contributed by atoms with E-state index >= 15 is 0 Å². The fraction of sp³-hybridized carbons (Fsp3) is 0. The Morgan fingerprint density at radius 1 is 1.00 bits per heavy atom. The average Bonchev–Trinajstić information content (AvgIpc) is 0.811. The summed E-state index contributed by atoms with van der Waals surface area (Å²) in [6, 6.07) is 0. The van der Waals surface area contributed by atoms with Crippen LogP contribution in [0.25, 0.3) is 0 Å². The van der Waals surface area contributed by atoms with Crippen molar-refractivity contribution in [1.82, 2.24) is 0 Å². The van der Waals surface area contributed by atoms with Gasteiger partial charge in [0.1, 0.15) is 0 Å². The molecule has 0 saturated carbocycles. The van der Waals surface area contributed by atoms with Gasteiger partial charge in [-0.1, -0.05) is 0 Å². The van der Waals surface area contributed by atoms with Crippen molar-refractivity contribution in [2.24, 2.45) is 0 Å². The van der Waals surface area contributed by atoms with Crippen molar-refractivity contribution in [1.29, 1.82) is 0 Å². The molecule has 0 amide bonds.